The number of hydrogen-bond donors (Lipinski definition) is 2. The lowest BCUT2D eigenvalue weighted by atomic mass is 10.4. The molecule has 0 aromatic heterocycles. The van der Waals surface area contributed by atoms with E-state index in [-0.39, 0.29) is 6.15 Å². The van der Waals surface area contributed by atoms with Gasteiger partial charge in [0.25, 0.3) is 0 Å². The van der Waals surface area contributed by atoms with Crippen LogP contribution in [0.15, 0.2) is 0 Å². The van der Waals surface area contributed by atoms with Crippen LogP contribution in [0, 0.1) is 0 Å². The summed E-state index contributed by atoms with van der Waals surface area (Å²) < 4.78 is 4.70. The second kappa shape index (κ2) is 5.53. The summed E-state index contributed by atoms with van der Waals surface area (Å²) in [6, 6.07) is 0. The van der Waals surface area contributed by atoms with E-state index in [1.165, 1.54) is 6.92 Å². The highest BCUT2D eigenvalue weighted by Crippen LogP contribution is 1.87. The molecule has 0 spiro atoms. The Morgan fingerprint density at radius 3 is 2.33 bits per heavy atom. The van der Waals surface area contributed by atoms with E-state index in [0.29, 0.717) is 6.61 Å². The van der Waals surface area contributed by atoms with Gasteiger partial charge in [0.15, 0.2) is 6.10 Å². The number of rotatable bonds is 3. The number of ether oxygens (including phenoxy) is 1. The van der Waals surface area contributed by atoms with Gasteiger partial charge in [0.2, 0.25) is 0 Å². The van der Waals surface area contributed by atoms with Gasteiger partial charge < -0.3 is 16.0 Å². The molecule has 1 unspecified atom stereocenters. The van der Waals surface area contributed by atoms with Crippen LogP contribution in [0.3, 0.4) is 0 Å². The van der Waals surface area contributed by atoms with Gasteiger partial charge in [-0.1, -0.05) is 0 Å². The largest absolute Gasteiger partial charge is 0.479 e. The molecule has 4 nitrogen and oxygen atoms in total. The van der Waals surface area contributed by atoms with Crippen LogP contribution >= 0.6 is 0 Å². The molecule has 0 bridgehead atoms. The zero-order chi connectivity index (χ0) is 6.57. The highest BCUT2D eigenvalue weighted by molar-refractivity contribution is 5.71. The highest BCUT2D eigenvalue weighted by atomic mass is 16.5. The molecule has 0 aliphatic carbocycles. The Morgan fingerprint density at radius 1 is 1.78 bits per heavy atom. The van der Waals surface area contributed by atoms with E-state index in [1.807, 2.05) is 0 Å². The highest BCUT2D eigenvalue weighted by Gasteiger charge is 2.07. The van der Waals surface area contributed by atoms with E-state index in [0.717, 1.165) is 0 Å². The van der Waals surface area contributed by atoms with Gasteiger partial charge >= 0.3 is 5.97 Å². The fraction of sp³-hybridized carbons (Fsp3) is 0.800. The molecule has 0 amide bonds. The van der Waals surface area contributed by atoms with Crippen molar-refractivity contribution in [2.24, 2.45) is 0 Å². The van der Waals surface area contributed by atoms with E-state index in [1.54, 1.807) is 6.92 Å². The molecular weight excluding hydrogens is 122 g/mol. The minimum atomic E-state index is -0.910. The lowest BCUT2D eigenvalue weighted by Gasteiger charge is -2.03. The molecule has 0 heterocycles. The van der Waals surface area contributed by atoms with Crippen LogP contribution in [0.1, 0.15) is 13.8 Å². The first-order valence-corrected chi connectivity index (χ1v) is 2.53. The zero-order valence-electron chi connectivity index (χ0n) is 5.76. The number of carboxylic acid groups (broad SMARTS) is 1. The van der Waals surface area contributed by atoms with E-state index >= 15 is 0 Å². The van der Waals surface area contributed by atoms with Crippen molar-refractivity contribution in [3.8, 4) is 0 Å². The summed E-state index contributed by atoms with van der Waals surface area (Å²) >= 11 is 0. The maximum atomic E-state index is 9.96. The van der Waals surface area contributed by atoms with Crippen LogP contribution in [0.5, 0.6) is 0 Å². The van der Waals surface area contributed by atoms with Gasteiger partial charge in [0, 0.05) is 6.61 Å². The van der Waals surface area contributed by atoms with Gasteiger partial charge in [-0.3, -0.25) is 0 Å². The van der Waals surface area contributed by atoms with Gasteiger partial charge in [0.1, 0.15) is 0 Å². The Balaban J connectivity index is 0. The summed E-state index contributed by atoms with van der Waals surface area (Å²) in [6.45, 7) is 3.72. The molecule has 4 N–H and O–H groups in total. The number of hydrogen-bond acceptors (Lipinski definition) is 3. The van der Waals surface area contributed by atoms with Crippen LogP contribution in [-0.2, 0) is 9.53 Å². The standard InChI is InChI=1S/C5H10O3.H3N/c1-3-8-4(2)5(6)7;/h4H,3H2,1-2H3,(H,6,7);1H3. The van der Waals surface area contributed by atoms with Crippen LogP contribution in [0.2, 0.25) is 0 Å². The number of carbonyl (C=O) groups is 1. The summed E-state index contributed by atoms with van der Waals surface area (Å²) in [6.07, 6.45) is -0.667. The van der Waals surface area contributed by atoms with Gasteiger partial charge in [-0.15, -0.1) is 0 Å². The van der Waals surface area contributed by atoms with Crippen LogP contribution in [-0.4, -0.2) is 23.8 Å². The summed E-state index contributed by atoms with van der Waals surface area (Å²) in [5, 5.41) is 8.19. The second-order valence-electron chi connectivity index (χ2n) is 1.44. The second-order valence-corrected chi connectivity index (χ2v) is 1.44. The predicted molar refractivity (Wildman–Crippen MR) is 33.7 cm³/mol. The van der Waals surface area contributed by atoms with Crippen molar-refractivity contribution in [2.45, 2.75) is 20.0 Å². The quantitative estimate of drug-likeness (QED) is 0.595. The van der Waals surface area contributed by atoms with Crippen LogP contribution in [0.4, 0.5) is 0 Å². The summed E-state index contributed by atoms with van der Waals surface area (Å²) in [7, 11) is 0. The van der Waals surface area contributed by atoms with Gasteiger partial charge in [-0.2, -0.15) is 0 Å². The predicted octanol–water partition coefficient (Wildman–Crippen LogP) is 0.658. The van der Waals surface area contributed by atoms with Gasteiger partial charge in [-0.25, -0.2) is 4.79 Å². The molecule has 9 heavy (non-hydrogen) atoms. The zero-order valence-corrected chi connectivity index (χ0v) is 5.76. The maximum Gasteiger partial charge on any atom is 0.332 e. The summed E-state index contributed by atoms with van der Waals surface area (Å²) in [5.41, 5.74) is 0. The third-order valence-electron chi connectivity index (χ3n) is 0.764. The Bertz CT molecular complexity index is 84.3. The minimum absolute atomic E-state index is 0. The lowest BCUT2D eigenvalue weighted by Crippen LogP contribution is -2.19. The molecule has 0 saturated heterocycles. The smallest absolute Gasteiger partial charge is 0.332 e. The van der Waals surface area contributed by atoms with E-state index in [2.05, 4.69) is 0 Å². The average molecular weight is 135 g/mol. The van der Waals surface area contributed by atoms with E-state index in [9.17, 15) is 4.79 Å². The molecule has 0 aliphatic rings. The molecular formula is C5H13NO3. The van der Waals surface area contributed by atoms with Crippen molar-refractivity contribution in [1.29, 1.82) is 0 Å². The van der Waals surface area contributed by atoms with E-state index < -0.39 is 12.1 Å². The Morgan fingerprint density at radius 2 is 2.22 bits per heavy atom. The third kappa shape index (κ3) is 5.26. The van der Waals surface area contributed by atoms with Gasteiger partial charge in [-0.05, 0) is 13.8 Å². The Labute approximate surface area is 54.4 Å². The molecule has 0 aromatic rings. The molecule has 0 saturated carbocycles. The van der Waals surface area contributed by atoms with Gasteiger partial charge in [0.05, 0.1) is 0 Å². The molecule has 56 valence electrons. The molecule has 1 atom stereocenters. The molecule has 0 fully saturated rings. The van der Waals surface area contributed by atoms with Crippen molar-refractivity contribution in [2.75, 3.05) is 6.61 Å². The molecule has 0 rings (SSSR count). The fourth-order valence-electron chi connectivity index (χ4n) is 0.321. The maximum absolute atomic E-state index is 9.96. The fourth-order valence-corrected chi connectivity index (χ4v) is 0.321. The normalized spacial score (nSPS) is 11.8. The minimum Gasteiger partial charge on any atom is -0.479 e. The first-order chi connectivity index (χ1) is 3.68. The molecule has 0 aromatic carbocycles. The Kier molecular flexibility index (Phi) is 6.89. The van der Waals surface area contributed by atoms with Crippen molar-refractivity contribution >= 4 is 5.97 Å². The van der Waals surface area contributed by atoms with Crippen LogP contribution in [0.25, 0.3) is 0 Å². The summed E-state index contributed by atoms with van der Waals surface area (Å²) in [4.78, 5) is 9.96. The van der Waals surface area contributed by atoms with Crippen molar-refractivity contribution in [1.82, 2.24) is 6.15 Å². The van der Waals surface area contributed by atoms with Crippen molar-refractivity contribution in [3.05, 3.63) is 0 Å². The summed E-state index contributed by atoms with van der Waals surface area (Å²) in [5.74, 6) is -0.910. The first kappa shape index (κ1) is 11.2. The average Bonchev–Trinajstić information content (AvgIpc) is 1.67. The third-order valence-corrected chi connectivity index (χ3v) is 0.764. The molecule has 4 heteroatoms. The van der Waals surface area contributed by atoms with Crippen molar-refractivity contribution < 1.29 is 14.6 Å². The molecule has 0 radical (unpaired) electrons. The van der Waals surface area contributed by atoms with Crippen LogP contribution < -0.4 is 6.15 Å². The van der Waals surface area contributed by atoms with Crippen molar-refractivity contribution in [3.63, 3.8) is 0 Å². The number of aliphatic carboxylic acids is 1. The molecule has 0 aliphatic heterocycles. The Hall–Kier alpha value is -0.610. The number of carboxylic acids is 1. The SMILES string of the molecule is CCOC(C)C(=O)O.N. The lowest BCUT2D eigenvalue weighted by molar-refractivity contribution is -0.148. The topological polar surface area (TPSA) is 81.5 Å². The monoisotopic (exact) mass is 135 g/mol. The first-order valence-electron chi connectivity index (χ1n) is 2.53. The van der Waals surface area contributed by atoms with E-state index in [4.69, 9.17) is 9.84 Å².